The molecule has 2 aromatic rings. The van der Waals surface area contributed by atoms with Crippen LogP contribution in [-0.4, -0.2) is 43.8 Å². The van der Waals surface area contributed by atoms with E-state index in [2.05, 4.69) is 43.0 Å². The third kappa shape index (κ3) is 3.56. The molecule has 2 aliphatic rings. The molecule has 1 fully saturated rings. The number of piperazine rings is 1. The van der Waals surface area contributed by atoms with E-state index in [1.807, 2.05) is 31.2 Å². The molecule has 0 radical (unpaired) electrons. The van der Waals surface area contributed by atoms with E-state index in [1.54, 1.807) is 4.31 Å². The Kier molecular flexibility index (Phi) is 4.65. The van der Waals surface area contributed by atoms with Crippen molar-refractivity contribution in [1.29, 1.82) is 0 Å². The molecule has 27 heavy (non-hydrogen) atoms. The van der Waals surface area contributed by atoms with E-state index in [0.29, 0.717) is 13.1 Å². The first-order valence-electron chi connectivity index (χ1n) is 9.63. The number of fused-ring (bicyclic) bond motifs is 3. The lowest BCUT2D eigenvalue weighted by molar-refractivity contribution is 0.0807. The standard InChI is InChI=1S/C22H28N2O2S/c1-17-8-10-18(11-9-17)15-27(25,26)24-13-12-23-16-22(2,3)20-7-5-4-6-19(20)21(23)14-24/h4-11,21H,12-16H2,1-3H3. The molecule has 4 rings (SSSR count). The Balaban J connectivity index is 1.59. The minimum Gasteiger partial charge on any atom is -0.293 e. The summed E-state index contributed by atoms with van der Waals surface area (Å²) >= 11 is 0. The molecule has 5 heteroatoms. The van der Waals surface area contributed by atoms with Crippen molar-refractivity contribution >= 4 is 10.0 Å². The van der Waals surface area contributed by atoms with Gasteiger partial charge in [-0.2, -0.15) is 4.31 Å². The summed E-state index contributed by atoms with van der Waals surface area (Å²) in [5.74, 6) is 0.0765. The minimum absolute atomic E-state index is 0.0765. The Bertz CT molecular complexity index is 935. The summed E-state index contributed by atoms with van der Waals surface area (Å²) in [6.45, 7) is 9.45. The summed E-state index contributed by atoms with van der Waals surface area (Å²) in [6.07, 6.45) is 0. The van der Waals surface area contributed by atoms with Crippen LogP contribution in [0.1, 0.15) is 42.1 Å². The van der Waals surface area contributed by atoms with E-state index in [0.717, 1.165) is 24.2 Å². The number of nitrogens with zero attached hydrogens (tertiary/aromatic N) is 2. The quantitative estimate of drug-likeness (QED) is 0.814. The second-order valence-electron chi connectivity index (χ2n) is 8.56. The highest BCUT2D eigenvalue weighted by Crippen LogP contribution is 2.41. The van der Waals surface area contributed by atoms with Crippen LogP contribution in [0.3, 0.4) is 0 Å². The van der Waals surface area contributed by atoms with Crippen LogP contribution in [0.25, 0.3) is 0 Å². The number of hydrogen-bond acceptors (Lipinski definition) is 3. The summed E-state index contributed by atoms with van der Waals surface area (Å²) in [6, 6.07) is 16.5. The van der Waals surface area contributed by atoms with Crippen molar-refractivity contribution in [2.24, 2.45) is 0 Å². The first kappa shape index (κ1) is 18.7. The molecule has 0 bridgehead atoms. The maximum absolute atomic E-state index is 13.1. The SMILES string of the molecule is Cc1ccc(CS(=O)(=O)N2CCN3CC(C)(C)c4ccccc4C3C2)cc1. The van der Waals surface area contributed by atoms with Crippen molar-refractivity contribution in [3.05, 3.63) is 70.8 Å². The zero-order chi connectivity index (χ0) is 19.2. The van der Waals surface area contributed by atoms with Gasteiger partial charge < -0.3 is 0 Å². The Morgan fingerprint density at radius 2 is 1.74 bits per heavy atom. The molecule has 2 heterocycles. The highest BCUT2D eigenvalue weighted by atomic mass is 32.2. The molecule has 2 aromatic carbocycles. The largest absolute Gasteiger partial charge is 0.293 e. The van der Waals surface area contributed by atoms with E-state index in [1.165, 1.54) is 11.1 Å². The third-order valence-electron chi connectivity index (χ3n) is 5.96. The van der Waals surface area contributed by atoms with Crippen LogP contribution in [0, 0.1) is 6.92 Å². The molecule has 1 atom stereocenters. The molecule has 4 nitrogen and oxygen atoms in total. The lowest BCUT2D eigenvalue weighted by Crippen LogP contribution is -2.56. The van der Waals surface area contributed by atoms with Gasteiger partial charge in [0.15, 0.2) is 0 Å². The molecule has 0 amide bonds. The van der Waals surface area contributed by atoms with Gasteiger partial charge in [-0.1, -0.05) is 67.9 Å². The summed E-state index contributed by atoms with van der Waals surface area (Å²) in [4.78, 5) is 2.46. The highest BCUT2D eigenvalue weighted by Gasteiger charge is 2.42. The fraction of sp³-hybridized carbons (Fsp3) is 0.455. The molecule has 0 N–H and O–H groups in total. The van der Waals surface area contributed by atoms with Crippen LogP contribution in [0.2, 0.25) is 0 Å². The molecule has 1 saturated heterocycles. The van der Waals surface area contributed by atoms with Gasteiger partial charge in [0.25, 0.3) is 0 Å². The van der Waals surface area contributed by atoms with Gasteiger partial charge in [-0.3, -0.25) is 4.90 Å². The molecule has 0 spiro atoms. The Hall–Kier alpha value is -1.69. The van der Waals surface area contributed by atoms with Gasteiger partial charge in [0.2, 0.25) is 10.0 Å². The van der Waals surface area contributed by atoms with Gasteiger partial charge in [-0.15, -0.1) is 0 Å². The van der Waals surface area contributed by atoms with Crippen LogP contribution in [0.5, 0.6) is 0 Å². The maximum Gasteiger partial charge on any atom is 0.218 e. The van der Waals surface area contributed by atoms with Gasteiger partial charge in [0, 0.05) is 37.6 Å². The van der Waals surface area contributed by atoms with Gasteiger partial charge in [-0.25, -0.2) is 8.42 Å². The lowest BCUT2D eigenvalue weighted by Gasteiger charge is -2.49. The Morgan fingerprint density at radius 1 is 1.04 bits per heavy atom. The first-order chi connectivity index (χ1) is 12.8. The summed E-state index contributed by atoms with van der Waals surface area (Å²) < 4.78 is 27.8. The number of sulfonamides is 1. The van der Waals surface area contributed by atoms with Crippen LogP contribution in [-0.2, 0) is 21.2 Å². The average molecular weight is 385 g/mol. The predicted octanol–water partition coefficient (Wildman–Crippen LogP) is 3.47. The Morgan fingerprint density at radius 3 is 2.48 bits per heavy atom. The van der Waals surface area contributed by atoms with Crippen LogP contribution in [0.15, 0.2) is 48.5 Å². The van der Waals surface area contributed by atoms with Crippen LogP contribution in [0.4, 0.5) is 0 Å². The Labute approximate surface area is 162 Å². The molecule has 0 saturated carbocycles. The van der Waals surface area contributed by atoms with Gasteiger partial charge in [-0.05, 0) is 23.6 Å². The van der Waals surface area contributed by atoms with Crippen LogP contribution < -0.4 is 0 Å². The lowest BCUT2D eigenvalue weighted by atomic mass is 9.75. The zero-order valence-corrected chi connectivity index (χ0v) is 17.2. The zero-order valence-electron chi connectivity index (χ0n) is 16.4. The normalized spacial score (nSPS) is 22.9. The van der Waals surface area contributed by atoms with Crippen LogP contribution >= 0.6 is 0 Å². The van der Waals surface area contributed by atoms with Gasteiger partial charge in [0.1, 0.15) is 0 Å². The molecule has 0 aliphatic carbocycles. The van der Waals surface area contributed by atoms with Crippen molar-refractivity contribution in [2.45, 2.75) is 38.0 Å². The van der Waals surface area contributed by atoms with E-state index in [9.17, 15) is 8.42 Å². The second kappa shape index (κ2) is 6.73. The first-order valence-corrected chi connectivity index (χ1v) is 11.2. The average Bonchev–Trinajstić information content (AvgIpc) is 2.63. The number of rotatable bonds is 3. The monoisotopic (exact) mass is 384 g/mol. The minimum atomic E-state index is -3.32. The summed E-state index contributed by atoms with van der Waals surface area (Å²) in [5, 5.41) is 0. The molecule has 1 unspecified atom stereocenters. The van der Waals surface area contributed by atoms with E-state index in [-0.39, 0.29) is 17.2 Å². The predicted molar refractivity (Wildman–Crippen MR) is 109 cm³/mol. The number of aryl methyl sites for hydroxylation is 1. The van der Waals surface area contributed by atoms with Crippen molar-refractivity contribution in [2.75, 3.05) is 26.2 Å². The molecule has 2 aliphatic heterocycles. The smallest absolute Gasteiger partial charge is 0.218 e. The fourth-order valence-corrected chi connectivity index (χ4v) is 6.04. The van der Waals surface area contributed by atoms with E-state index < -0.39 is 10.0 Å². The summed E-state index contributed by atoms with van der Waals surface area (Å²) in [7, 11) is -3.32. The van der Waals surface area contributed by atoms with E-state index in [4.69, 9.17) is 0 Å². The van der Waals surface area contributed by atoms with Crippen molar-refractivity contribution in [3.63, 3.8) is 0 Å². The van der Waals surface area contributed by atoms with Gasteiger partial charge >= 0.3 is 0 Å². The third-order valence-corrected chi connectivity index (χ3v) is 7.78. The molecular weight excluding hydrogens is 356 g/mol. The maximum atomic E-state index is 13.1. The fourth-order valence-electron chi connectivity index (χ4n) is 4.52. The van der Waals surface area contributed by atoms with E-state index >= 15 is 0 Å². The van der Waals surface area contributed by atoms with Crippen molar-refractivity contribution in [3.8, 4) is 0 Å². The van der Waals surface area contributed by atoms with Crippen molar-refractivity contribution in [1.82, 2.24) is 9.21 Å². The highest BCUT2D eigenvalue weighted by molar-refractivity contribution is 7.88. The second-order valence-corrected chi connectivity index (χ2v) is 10.5. The summed E-state index contributed by atoms with van der Waals surface area (Å²) in [5.41, 5.74) is 4.73. The molecule has 0 aromatic heterocycles. The molecule has 144 valence electrons. The topological polar surface area (TPSA) is 40.6 Å². The number of benzene rings is 2. The van der Waals surface area contributed by atoms with Crippen molar-refractivity contribution < 1.29 is 8.42 Å². The van der Waals surface area contributed by atoms with Gasteiger partial charge in [0.05, 0.1) is 5.75 Å². The molecular formula is C22H28N2O2S. The number of hydrogen-bond donors (Lipinski definition) is 0.